The Morgan fingerprint density at radius 3 is 2.56 bits per heavy atom. The Balaban J connectivity index is 2.07. The van der Waals surface area contributed by atoms with Gasteiger partial charge in [-0.25, -0.2) is 15.4 Å². The van der Waals surface area contributed by atoms with E-state index >= 15 is 0 Å². The Kier molecular flexibility index (Phi) is 3.89. The third-order valence-electron chi connectivity index (χ3n) is 2.21. The highest BCUT2D eigenvalue weighted by molar-refractivity contribution is 6.30. The molecule has 0 fully saturated rings. The van der Waals surface area contributed by atoms with Gasteiger partial charge < -0.3 is 0 Å². The predicted octanol–water partition coefficient (Wildman–Crippen LogP) is 3.19. The number of hydrogen-bond acceptors (Lipinski definition) is 4. The van der Waals surface area contributed by atoms with E-state index in [1.165, 1.54) is 0 Å². The summed E-state index contributed by atoms with van der Waals surface area (Å²) in [6.07, 6.45) is 1.67. The number of nitrogens with one attached hydrogen (secondary N) is 1. The highest BCUT2D eigenvalue weighted by atomic mass is 35.5. The Morgan fingerprint density at radius 1 is 1.17 bits per heavy atom. The van der Waals surface area contributed by atoms with Crippen molar-refractivity contribution in [2.75, 3.05) is 5.43 Å². The number of hydrazone groups is 1. The van der Waals surface area contributed by atoms with Gasteiger partial charge in [-0.1, -0.05) is 23.7 Å². The second-order valence-electron chi connectivity index (χ2n) is 3.90. The van der Waals surface area contributed by atoms with E-state index in [-0.39, 0.29) is 0 Å². The summed E-state index contributed by atoms with van der Waals surface area (Å²) in [4.78, 5) is 8.44. The standard InChI is InChI=1S/C13H13ClN4/c1-9-6-10(2)17-13(16-9)18-15-8-11-4-3-5-12(14)7-11/h3-8H,1-2H3,(H,16,17,18)/b15-8+. The van der Waals surface area contributed by atoms with Crippen molar-refractivity contribution < 1.29 is 0 Å². The van der Waals surface area contributed by atoms with Crippen molar-refractivity contribution in [2.24, 2.45) is 5.10 Å². The molecule has 0 aliphatic carbocycles. The molecular weight excluding hydrogens is 248 g/mol. The fourth-order valence-corrected chi connectivity index (χ4v) is 1.73. The zero-order chi connectivity index (χ0) is 13.0. The molecule has 1 aromatic carbocycles. The lowest BCUT2D eigenvalue weighted by molar-refractivity contribution is 1.04. The number of anilines is 1. The van der Waals surface area contributed by atoms with Crippen molar-refractivity contribution in [1.82, 2.24) is 9.97 Å². The summed E-state index contributed by atoms with van der Waals surface area (Å²) in [6, 6.07) is 9.34. The first-order valence-corrected chi connectivity index (χ1v) is 5.88. The van der Waals surface area contributed by atoms with Gasteiger partial charge in [0.05, 0.1) is 6.21 Å². The molecule has 0 saturated carbocycles. The largest absolute Gasteiger partial charge is 0.245 e. The van der Waals surface area contributed by atoms with Gasteiger partial charge in [-0.05, 0) is 37.6 Å². The van der Waals surface area contributed by atoms with Gasteiger partial charge >= 0.3 is 0 Å². The van der Waals surface area contributed by atoms with Crippen LogP contribution in [-0.2, 0) is 0 Å². The van der Waals surface area contributed by atoms with Gasteiger partial charge in [0.25, 0.3) is 0 Å². The van der Waals surface area contributed by atoms with E-state index in [1.54, 1.807) is 6.21 Å². The molecule has 4 nitrogen and oxygen atoms in total. The molecule has 0 atom stereocenters. The van der Waals surface area contributed by atoms with Crippen molar-refractivity contribution in [3.05, 3.63) is 52.3 Å². The molecule has 0 unspecified atom stereocenters. The lowest BCUT2D eigenvalue weighted by atomic mass is 10.2. The smallest absolute Gasteiger partial charge is 0.243 e. The molecule has 18 heavy (non-hydrogen) atoms. The molecule has 2 aromatic rings. The molecule has 92 valence electrons. The van der Waals surface area contributed by atoms with Crippen molar-refractivity contribution in [2.45, 2.75) is 13.8 Å². The number of aromatic nitrogens is 2. The minimum Gasteiger partial charge on any atom is -0.245 e. The first kappa shape index (κ1) is 12.5. The molecule has 0 bridgehead atoms. The van der Waals surface area contributed by atoms with Crippen LogP contribution in [0, 0.1) is 13.8 Å². The number of rotatable bonds is 3. The maximum absolute atomic E-state index is 5.88. The summed E-state index contributed by atoms with van der Waals surface area (Å²) >= 11 is 5.88. The number of hydrogen-bond donors (Lipinski definition) is 1. The summed E-state index contributed by atoms with van der Waals surface area (Å²) in [5.74, 6) is 0.491. The van der Waals surface area contributed by atoms with E-state index in [9.17, 15) is 0 Å². The lowest BCUT2D eigenvalue weighted by Crippen LogP contribution is -1.99. The zero-order valence-electron chi connectivity index (χ0n) is 10.2. The van der Waals surface area contributed by atoms with Crippen LogP contribution in [0.3, 0.4) is 0 Å². The van der Waals surface area contributed by atoms with Gasteiger partial charge in [-0.15, -0.1) is 0 Å². The van der Waals surface area contributed by atoms with Crippen LogP contribution in [0.4, 0.5) is 5.95 Å². The van der Waals surface area contributed by atoms with Crippen LogP contribution in [0.5, 0.6) is 0 Å². The molecule has 0 aliphatic heterocycles. The summed E-state index contributed by atoms with van der Waals surface area (Å²) in [5.41, 5.74) is 5.53. The minimum absolute atomic E-state index is 0.491. The van der Waals surface area contributed by atoms with Crippen LogP contribution in [0.25, 0.3) is 0 Å². The maximum atomic E-state index is 5.88. The topological polar surface area (TPSA) is 50.2 Å². The Hall–Kier alpha value is -1.94. The van der Waals surface area contributed by atoms with Gasteiger partial charge in [0.2, 0.25) is 5.95 Å². The van der Waals surface area contributed by atoms with E-state index in [1.807, 2.05) is 44.2 Å². The number of halogens is 1. The highest BCUT2D eigenvalue weighted by Crippen LogP contribution is 2.09. The molecule has 0 aliphatic rings. The molecule has 1 heterocycles. The van der Waals surface area contributed by atoms with Crippen LogP contribution in [0.1, 0.15) is 17.0 Å². The molecule has 2 rings (SSSR count). The summed E-state index contributed by atoms with van der Waals surface area (Å²) in [7, 11) is 0. The van der Waals surface area contributed by atoms with Gasteiger partial charge in [0.1, 0.15) is 0 Å². The summed E-state index contributed by atoms with van der Waals surface area (Å²) in [5, 5.41) is 4.76. The van der Waals surface area contributed by atoms with E-state index < -0.39 is 0 Å². The molecule has 0 saturated heterocycles. The van der Waals surface area contributed by atoms with Gasteiger partial charge in [-0.3, -0.25) is 0 Å². The summed E-state index contributed by atoms with van der Waals surface area (Å²) in [6.45, 7) is 3.83. The van der Waals surface area contributed by atoms with Crippen molar-refractivity contribution >= 4 is 23.8 Å². The summed E-state index contributed by atoms with van der Waals surface area (Å²) < 4.78 is 0. The number of nitrogens with zero attached hydrogens (tertiary/aromatic N) is 3. The molecule has 1 aromatic heterocycles. The second-order valence-corrected chi connectivity index (χ2v) is 4.34. The Labute approximate surface area is 111 Å². The third-order valence-corrected chi connectivity index (χ3v) is 2.44. The van der Waals surface area contributed by atoms with Crippen LogP contribution in [0.2, 0.25) is 5.02 Å². The molecule has 1 N–H and O–H groups in total. The Bertz CT molecular complexity index is 561. The minimum atomic E-state index is 0.491. The highest BCUT2D eigenvalue weighted by Gasteiger charge is 1.96. The molecule has 0 radical (unpaired) electrons. The van der Waals surface area contributed by atoms with Crippen molar-refractivity contribution in [3.63, 3.8) is 0 Å². The zero-order valence-corrected chi connectivity index (χ0v) is 10.9. The first-order valence-electron chi connectivity index (χ1n) is 5.50. The lowest BCUT2D eigenvalue weighted by Gasteiger charge is -2.01. The average Bonchev–Trinajstić information content (AvgIpc) is 2.27. The fraction of sp³-hybridized carbons (Fsp3) is 0.154. The van der Waals surface area contributed by atoms with E-state index in [0.717, 1.165) is 17.0 Å². The van der Waals surface area contributed by atoms with E-state index in [2.05, 4.69) is 20.5 Å². The Morgan fingerprint density at radius 2 is 1.89 bits per heavy atom. The molecular formula is C13H13ClN4. The monoisotopic (exact) mass is 260 g/mol. The van der Waals surface area contributed by atoms with Gasteiger partial charge in [0, 0.05) is 16.4 Å². The average molecular weight is 261 g/mol. The quantitative estimate of drug-likeness (QED) is 0.681. The predicted molar refractivity (Wildman–Crippen MR) is 74.2 cm³/mol. The third kappa shape index (κ3) is 3.53. The SMILES string of the molecule is Cc1cc(C)nc(N/N=C/c2cccc(Cl)c2)n1. The van der Waals surface area contributed by atoms with Crippen LogP contribution < -0.4 is 5.43 Å². The molecule has 0 spiro atoms. The van der Waals surface area contributed by atoms with Crippen LogP contribution in [-0.4, -0.2) is 16.2 Å². The van der Waals surface area contributed by atoms with Gasteiger partial charge in [-0.2, -0.15) is 5.10 Å². The second kappa shape index (κ2) is 5.60. The van der Waals surface area contributed by atoms with Gasteiger partial charge in [0.15, 0.2) is 0 Å². The number of benzene rings is 1. The number of aryl methyl sites for hydroxylation is 2. The molecule has 0 amide bonds. The first-order chi connectivity index (χ1) is 8.63. The van der Waals surface area contributed by atoms with Crippen LogP contribution in [0.15, 0.2) is 35.4 Å². The fourth-order valence-electron chi connectivity index (χ4n) is 1.53. The van der Waals surface area contributed by atoms with E-state index in [4.69, 9.17) is 11.6 Å². The van der Waals surface area contributed by atoms with Crippen molar-refractivity contribution in [1.29, 1.82) is 0 Å². The van der Waals surface area contributed by atoms with Crippen molar-refractivity contribution in [3.8, 4) is 0 Å². The maximum Gasteiger partial charge on any atom is 0.243 e. The molecule has 5 heteroatoms. The van der Waals surface area contributed by atoms with Crippen LogP contribution >= 0.6 is 11.6 Å². The normalized spacial score (nSPS) is 10.8. The van der Waals surface area contributed by atoms with E-state index in [0.29, 0.717) is 11.0 Å².